The summed E-state index contributed by atoms with van der Waals surface area (Å²) in [6.07, 6.45) is 2.12. The van der Waals surface area contributed by atoms with Crippen molar-refractivity contribution in [1.82, 2.24) is 4.98 Å². The van der Waals surface area contributed by atoms with Gasteiger partial charge >= 0.3 is 5.51 Å². The Hall–Kier alpha value is -2.82. The Balaban J connectivity index is 1.70. The van der Waals surface area contributed by atoms with Crippen LogP contribution in [0.5, 0.6) is 0 Å². The van der Waals surface area contributed by atoms with Crippen molar-refractivity contribution < 1.29 is 35.2 Å². The number of nitrogens with zero attached hydrogens (tertiary/aromatic N) is 1. The molecule has 1 N–H and O–H groups in total. The van der Waals surface area contributed by atoms with Gasteiger partial charge in [0.1, 0.15) is 11.5 Å². The van der Waals surface area contributed by atoms with Crippen molar-refractivity contribution in [3.63, 3.8) is 0 Å². The third-order valence-electron chi connectivity index (χ3n) is 4.66. The molecule has 0 bridgehead atoms. The van der Waals surface area contributed by atoms with E-state index in [1.807, 2.05) is 0 Å². The summed E-state index contributed by atoms with van der Waals surface area (Å²) in [7, 11) is -5.49. The molecule has 160 valence electrons. The van der Waals surface area contributed by atoms with E-state index in [1.54, 1.807) is 0 Å². The fourth-order valence-electron chi connectivity index (χ4n) is 3.02. The van der Waals surface area contributed by atoms with E-state index in [0.29, 0.717) is 0 Å². The quantitative estimate of drug-likeness (QED) is 0.706. The first kappa shape index (κ1) is 21.9. The van der Waals surface area contributed by atoms with Gasteiger partial charge in [0.15, 0.2) is 5.67 Å². The number of anilines is 1. The van der Waals surface area contributed by atoms with Crippen molar-refractivity contribution in [3.8, 4) is 0 Å². The van der Waals surface area contributed by atoms with Crippen LogP contribution in [0, 0.1) is 5.82 Å². The summed E-state index contributed by atoms with van der Waals surface area (Å²) in [5.41, 5.74) is -7.54. The lowest BCUT2D eigenvalue weighted by Gasteiger charge is -2.28. The molecule has 1 aromatic carbocycles. The van der Waals surface area contributed by atoms with Gasteiger partial charge in [-0.25, -0.2) is 17.2 Å². The monoisotopic (exact) mass is 446 g/mol. The number of nitrogens with one attached hydrogen (secondary N) is 1. The van der Waals surface area contributed by atoms with Gasteiger partial charge in [-0.1, -0.05) is 6.08 Å². The lowest BCUT2D eigenvalue weighted by molar-refractivity contribution is -0.113. The smallest absolute Gasteiger partial charge is 0.322 e. The van der Waals surface area contributed by atoms with Crippen LogP contribution in [0.25, 0.3) is 0 Å². The van der Waals surface area contributed by atoms with E-state index in [1.165, 1.54) is 18.3 Å². The standard InChI is InChI=1S/C19H15F5N2O3S/c20-15-2-1-11-25-16(15)18(21)9-7-12(8-10-18)17(27)26-13-3-5-14(6-4-13)30(28,29)19(22,23)24/h1-7,11H,8-10H2,(H,26,27). The lowest BCUT2D eigenvalue weighted by Crippen LogP contribution is -2.28. The predicted octanol–water partition coefficient (Wildman–Crippen LogP) is 4.43. The number of hydrogen-bond donors (Lipinski definition) is 1. The molecule has 3 rings (SSSR count). The molecule has 0 radical (unpaired) electrons. The molecule has 30 heavy (non-hydrogen) atoms. The van der Waals surface area contributed by atoms with Gasteiger partial charge in [-0.05, 0) is 49.2 Å². The van der Waals surface area contributed by atoms with E-state index in [0.717, 1.165) is 30.3 Å². The topological polar surface area (TPSA) is 76.1 Å². The van der Waals surface area contributed by atoms with Gasteiger partial charge in [-0.3, -0.25) is 9.78 Å². The number of rotatable bonds is 4. The first-order valence-electron chi connectivity index (χ1n) is 8.66. The Morgan fingerprint density at radius 1 is 1.13 bits per heavy atom. The Bertz CT molecular complexity index is 1100. The zero-order valence-corrected chi connectivity index (χ0v) is 16.0. The molecular formula is C19H15F5N2O3S. The summed E-state index contributed by atoms with van der Waals surface area (Å²) < 4.78 is 89.3. The molecule has 0 fully saturated rings. The molecule has 1 heterocycles. The zero-order chi connectivity index (χ0) is 22.2. The molecule has 1 aliphatic rings. The fourth-order valence-corrected chi connectivity index (χ4v) is 3.78. The Morgan fingerprint density at radius 3 is 2.33 bits per heavy atom. The molecule has 1 amide bonds. The molecule has 1 aromatic heterocycles. The molecule has 0 saturated carbocycles. The number of alkyl halides is 4. The summed E-state index contributed by atoms with van der Waals surface area (Å²) >= 11 is 0. The molecular weight excluding hydrogens is 431 g/mol. The van der Waals surface area contributed by atoms with Gasteiger partial charge in [0.05, 0.1) is 4.90 Å². The molecule has 5 nitrogen and oxygen atoms in total. The SMILES string of the molecule is O=C(Nc1ccc(S(=O)(=O)C(F)(F)F)cc1)C1=CCC(F)(c2ncccc2F)CC1. The van der Waals surface area contributed by atoms with Crippen molar-refractivity contribution >= 4 is 21.4 Å². The van der Waals surface area contributed by atoms with Crippen LogP contribution in [0.15, 0.2) is 59.1 Å². The minimum atomic E-state index is -5.49. The highest BCUT2D eigenvalue weighted by atomic mass is 32.2. The third kappa shape index (κ3) is 4.20. The maximum atomic E-state index is 15.1. The molecule has 0 saturated heterocycles. The van der Waals surface area contributed by atoms with Gasteiger partial charge in [0.25, 0.3) is 15.7 Å². The summed E-state index contributed by atoms with van der Waals surface area (Å²) in [6, 6.07) is 5.92. The summed E-state index contributed by atoms with van der Waals surface area (Å²) in [4.78, 5) is 15.1. The number of pyridine rings is 1. The summed E-state index contributed by atoms with van der Waals surface area (Å²) in [6.45, 7) is 0. The second kappa shape index (κ2) is 7.78. The number of allylic oxidation sites excluding steroid dienone is 1. The maximum Gasteiger partial charge on any atom is 0.501 e. The van der Waals surface area contributed by atoms with Gasteiger partial charge in [0, 0.05) is 23.9 Å². The normalized spacial score (nSPS) is 19.8. The predicted molar refractivity (Wildman–Crippen MR) is 97.2 cm³/mol. The van der Waals surface area contributed by atoms with Crippen LogP contribution in [-0.2, 0) is 20.3 Å². The van der Waals surface area contributed by atoms with Crippen molar-refractivity contribution in [2.45, 2.75) is 35.3 Å². The van der Waals surface area contributed by atoms with E-state index in [-0.39, 0.29) is 36.2 Å². The van der Waals surface area contributed by atoms with Gasteiger partial charge < -0.3 is 5.32 Å². The largest absolute Gasteiger partial charge is 0.501 e. The van der Waals surface area contributed by atoms with Gasteiger partial charge in [0.2, 0.25) is 0 Å². The number of carbonyl (C=O) groups is 1. The first-order valence-corrected chi connectivity index (χ1v) is 10.1. The van der Waals surface area contributed by atoms with Crippen LogP contribution in [0.2, 0.25) is 0 Å². The molecule has 0 spiro atoms. The van der Waals surface area contributed by atoms with Gasteiger partial charge in [-0.2, -0.15) is 13.2 Å². The number of halogens is 5. The number of aromatic nitrogens is 1. The zero-order valence-electron chi connectivity index (χ0n) is 15.2. The number of carbonyl (C=O) groups excluding carboxylic acids is 1. The van der Waals surface area contributed by atoms with E-state index < -0.39 is 37.6 Å². The molecule has 2 aromatic rings. The average molecular weight is 446 g/mol. The minimum Gasteiger partial charge on any atom is -0.322 e. The fraction of sp³-hybridized carbons (Fsp3) is 0.263. The Labute approximate surface area is 168 Å². The number of amides is 1. The molecule has 0 aliphatic heterocycles. The number of sulfone groups is 1. The second-order valence-electron chi connectivity index (χ2n) is 6.66. The molecule has 1 unspecified atom stereocenters. The number of benzene rings is 1. The van der Waals surface area contributed by atoms with Crippen LogP contribution in [-0.4, -0.2) is 24.8 Å². The lowest BCUT2D eigenvalue weighted by atomic mass is 9.84. The highest BCUT2D eigenvalue weighted by Gasteiger charge is 2.46. The highest BCUT2D eigenvalue weighted by molar-refractivity contribution is 7.92. The highest BCUT2D eigenvalue weighted by Crippen LogP contribution is 2.40. The van der Waals surface area contributed by atoms with E-state index in [9.17, 15) is 30.8 Å². The van der Waals surface area contributed by atoms with E-state index >= 15 is 4.39 Å². The maximum absolute atomic E-state index is 15.1. The van der Waals surface area contributed by atoms with Crippen molar-refractivity contribution in [2.24, 2.45) is 0 Å². The summed E-state index contributed by atoms with van der Waals surface area (Å²) in [5, 5.41) is 2.41. The van der Waals surface area contributed by atoms with Crippen LogP contribution in [0.3, 0.4) is 0 Å². The Kier molecular flexibility index (Phi) is 5.68. The number of hydrogen-bond acceptors (Lipinski definition) is 4. The molecule has 11 heteroatoms. The van der Waals surface area contributed by atoms with Crippen LogP contribution >= 0.6 is 0 Å². The van der Waals surface area contributed by atoms with Crippen molar-refractivity contribution in [3.05, 3.63) is 65.8 Å². The average Bonchev–Trinajstić information content (AvgIpc) is 2.68. The van der Waals surface area contributed by atoms with Crippen LogP contribution in [0.4, 0.5) is 27.6 Å². The van der Waals surface area contributed by atoms with Gasteiger partial charge in [-0.15, -0.1) is 0 Å². The first-order chi connectivity index (χ1) is 13.9. The van der Waals surface area contributed by atoms with Crippen molar-refractivity contribution in [2.75, 3.05) is 5.32 Å². The minimum absolute atomic E-state index is 0.0150. The van der Waals surface area contributed by atoms with E-state index in [2.05, 4.69) is 10.3 Å². The second-order valence-corrected chi connectivity index (χ2v) is 8.60. The van der Waals surface area contributed by atoms with Crippen molar-refractivity contribution in [1.29, 1.82) is 0 Å². The molecule has 1 aliphatic carbocycles. The third-order valence-corrected chi connectivity index (χ3v) is 6.17. The van der Waals surface area contributed by atoms with E-state index in [4.69, 9.17) is 0 Å². The van der Waals surface area contributed by atoms with Crippen LogP contribution in [0.1, 0.15) is 25.0 Å². The molecule has 1 atom stereocenters. The Morgan fingerprint density at radius 2 is 1.80 bits per heavy atom. The summed E-state index contributed by atoms with van der Waals surface area (Å²) in [5.74, 6) is -1.40. The van der Waals surface area contributed by atoms with Crippen LogP contribution < -0.4 is 5.32 Å².